The summed E-state index contributed by atoms with van der Waals surface area (Å²) >= 11 is 6.09. The minimum Gasteiger partial charge on any atom is -0.285 e. The quantitative estimate of drug-likeness (QED) is 0.696. The molecule has 0 amide bonds. The highest BCUT2D eigenvalue weighted by Crippen LogP contribution is 2.24. The number of rotatable bonds is 3. The summed E-state index contributed by atoms with van der Waals surface area (Å²) in [4.78, 5) is 12.7. The molecule has 6 heteroatoms. The summed E-state index contributed by atoms with van der Waals surface area (Å²) in [5, 5.41) is 9.60. The Balaban J connectivity index is 2.21. The van der Waals surface area contributed by atoms with Crippen molar-refractivity contribution in [2.24, 2.45) is 7.05 Å². The van der Waals surface area contributed by atoms with E-state index in [0.717, 1.165) is 10.9 Å². The monoisotopic (exact) mass is 288 g/mol. The lowest BCUT2D eigenvalue weighted by atomic mass is 10.1. The van der Waals surface area contributed by atoms with E-state index in [9.17, 15) is 4.79 Å². The summed E-state index contributed by atoms with van der Waals surface area (Å²) in [5.41, 5.74) is 1.70. The maximum Gasteiger partial charge on any atom is 0.233 e. The molecule has 0 radical (unpaired) electrons. The Hall–Kier alpha value is -2.14. The molecule has 102 valence electrons. The van der Waals surface area contributed by atoms with Gasteiger partial charge in [-0.1, -0.05) is 29.8 Å². The summed E-state index contributed by atoms with van der Waals surface area (Å²) in [6.45, 7) is 2.50. The molecule has 0 aliphatic rings. The molecular weight excluding hydrogens is 276 g/mol. The number of hydrogen-bond acceptors (Lipinski definition) is 3. The molecule has 0 saturated heterocycles. The number of halogens is 1. The van der Waals surface area contributed by atoms with E-state index in [1.807, 2.05) is 38.2 Å². The number of aromatic nitrogens is 4. The second kappa shape index (κ2) is 4.76. The lowest BCUT2D eigenvalue weighted by Gasteiger charge is -2.02. The molecule has 0 unspecified atom stereocenters. The first kappa shape index (κ1) is 12.9. The Kier molecular flexibility index (Phi) is 3.06. The molecule has 0 aliphatic heterocycles. The van der Waals surface area contributed by atoms with Gasteiger partial charge in [-0.3, -0.25) is 14.2 Å². The van der Waals surface area contributed by atoms with Crippen LogP contribution in [0.4, 0.5) is 0 Å². The second-order valence-electron chi connectivity index (χ2n) is 4.48. The predicted octanol–water partition coefficient (Wildman–Crippen LogP) is 2.67. The van der Waals surface area contributed by atoms with Crippen molar-refractivity contribution in [1.29, 1.82) is 0 Å². The third kappa shape index (κ3) is 1.82. The standard InChI is InChI=1S/C14H13ClN4O/c1-3-19-13(10(15)8-16-19)14(20)12-9-6-4-5-7-11(9)18(2)17-12/h4-8H,3H2,1-2H3. The van der Waals surface area contributed by atoms with Gasteiger partial charge in [-0.05, 0) is 13.0 Å². The van der Waals surface area contributed by atoms with Crippen LogP contribution >= 0.6 is 11.6 Å². The van der Waals surface area contributed by atoms with E-state index in [-0.39, 0.29) is 5.78 Å². The summed E-state index contributed by atoms with van der Waals surface area (Å²) in [7, 11) is 1.82. The molecule has 0 bridgehead atoms. The molecule has 0 fully saturated rings. The fraction of sp³-hybridized carbons (Fsp3) is 0.214. The maximum absolute atomic E-state index is 12.7. The van der Waals surface area contributed by atoms with Crippen LogP contribution in [0.25, 0.3) is 10.9 Å². The molecule has 0 spiro atoms. The molecule has 2 heterocycles. The van der Waals surface area contributed by atoms with E-state index < -0.39 is 0 Å². The van der Waals surface area contributed by atoms with Crippen molar-refractivity contribution in [2.45, 2.75) is 13.5 Å². The fourth-order valence-corrected chi connectivity index (χ4v) is 2.55. The number of carbonyl (C=O) groups is 1. The van der Waals surface area contributed by atoms with E-state index in [1.54, 1.807) is 9.36 Å². The number of carbonyl (C=O) groups excluding carboxylic acids is 1. The number of para-hydroxylation sites is 1. The molecule has 0 aliphatic carbocycles. The summed E-state index contributed by atoms with van der Waals surface area (Å²) in [6, 6.07) is 7.62. The van der Waals surface area contributed by atoms with E-state index in [2.05, 4.69) is 10.2 Å². The molecule has 20 heavy (non-hydrogen) atoms. The fourth-order valence-electron chi connectivity index (χ4n) is 2.32. The van der Waals surface area contributed by atoms with Crippen LogP contribution in [0, 0.1) is 0 Å². The number of nitrogens with zero attached hydrogens (tertiary/aromatic N) is 4. The van der Waals surface area contributed by atoms with Gasteiger partial charge in [0.15, 0.2) is 0 Å². The maximum atomic E-state index is 12.7. The number of fused-ring (bicyclic) bond motifs is 1. The zero-order valence-corrected chi connectivity index (χ0v) is 11.9. The highest BCUT2D eigenvalue weighted by Gasteiger charge is 2.23. The van der Waals surface area contributed by atoms with Crippen LogP contribution in [-0.2, 0) is 13.6 Å². The highest BCUT2D eigenvalue weighted by atomic mass is 35.5. The smallest absolute Gasteiger partial charge is 0.233 e. The van der Waals surface area contributed by atoms with Gasteiger partial charge in [0.2, 0.25) is 5.78 Å². The van der Waals surface area contributed by atoms with Crippen molar-refractivity contribution in [1.82, 2.24) is 19.6 Å². The lowest BCUT2D eigenvalue weighted by molar-refractivity contribution is 0.102. The topological polar surface area (TPSA) is 52.7 Å². The Morgan fingerprint density at radius 3 is 2.85 bits per heavy atom. The van der Waals surface area contributed by atoms with E-state index in [0.29, 0.717) is 23.0 Å². The number of benzene rings is 1. The average Bonchev–Trinajstić information content (AvgIpc) is 3.00. The molecule has 0 N–H and O–H groups in total. The first-order chi connectivity index (χ1) is 9.63. The van der Waals surface area contributed by atoms with Gasteiger partial charge >= 0.3 is 0 Å². The van der Waals surface area contributed by atoms with Crippen molar-refractivity contribution in [3.05, 3.63) is 46.9 Å². The molecule has 5 nitrogen and oxygen atoms in total. The van der Waals surface area contributed by atoms with Crippen LogP contribution in [0.5, 0.6) is 0 Å². The Labute approximate surface area is 120 Å². The Morgan fingerprint density at radius 1 is 1.35 bits per heavy atom. The SMILES string of the molecule is CCn1ncc(Cl)c1C(=O)c1nn(C)c2ccccc12. The van der Waals surface area contributed by atoms with Gasteiger partial charge in [-0.15, -0.1) is 0 Å². The van der Waals surface area contributed by atoms with Gasteiger partial charge in [0, 0.05) is 19.0 Å². The van der Waals surface area contributed by atoms with Crippen molar-refractivity contribution < 1.29 is 4.79 Å². The van der Waals surface area contributed by atoms with E-state index >= 15 is 0 Å². The summed E-state index contributed by atoms with van der Waals surface area (Å²) in [6.07, 6.45) is 1.49. The van der Waals surface area contributed by atoms with Crippen molar-refractivity contribution >= 4 is 28.3 Å². The first-order valence-corrected chi connectivity index (χ1v) is 6.69. The number of ketones is 1. The first-order valence-electron chi connectivity index (χ1n) is 6.31. The van der Waals surface area contributed by atoms with E-state index in [1.165, 1.54) is 6.20 Å². The molecular formula is C14H13ClN4O. The second-order valence-corrected chi connectivity index (χ2v) is 4.88. The zero-order chi connectivity index (χ0) is 14.3. The molecule has 1 aromatic carbocycles. The third-order valence-corrected chi connectivity index (χ3v) is 3.56. The minimum absolute atomic E-state index is 0.203. The van der Waals surface area contributed by atoms with Crippen LogP contribution in [0.1, 0.15) is 23.1 Å². The molecule has 3 rings (SSSR count). The zero-order valence-electron chi connectivity index (χ0n) is 11.2. The van der Waals surface area contributed by atoms with Gasteiger partial charge in [-0.2, -0.15) is 10.2 Å². The molecule has 2 aromatic heterocycles. The van der Waals surface area contributed by atoms with Gasteiger partial charge in [0.1, 0.15) is 11.4 Å². The Morgan fingerprint density at radius 2 is 2.10 bits per heavy atom. The normalized spacial score (nSPS) is 11.2. The molecule has 3 aromatic rings. The van der Waals surface area contributed by atoms with Gasteiger partial charge in [-0.25, -0.2) is 0 Å². The lowest BCUT2D eigenvalue weighted by Crippen LogP contribution is -2.12. The highest BCUT2D eigenvalue weighted by molar-refractivity contribution is 6.35. The van der Waals surface area contributed by atoms with Crippen LogP contribution in [0.2, 0.25) is 5.02 Å². The van der Waals surface area contributed by atoms with Crippen molar-refractivity contribution in [2.75, 3.05) is 0 Å². The summed E-state index contributed by atoms with van der Waals surface area (Å²) < 4.78 is 3.29. The van der Waals surface area contributed by atoms with Crippen LogP contribution in [-0.4, -0.2) is 25.3 Å². The predicted molar refractivity (Wildman–Crippen MR) is 77.1 cm³/mol. The van der Waals surface area contributed by atoms with Crippen molar-refractivity contribution in [3.8, 4) is 0 Å². The third-order valence-electron chi connectivity index (χ3n) is 3.28. The van der Waals surface area contributed by atoms with Crippen LogP contribution in [0.15, 0.2) is 30.5 Å². The largest absolute Gasteiger partial charge is 0.285 e. The van der Waals surface area contributed by atoms with Gasteiger partial charge in [0.05, 0.1) is 16.7 Å². The van der Waals surface area contributed by atoms with Gasteiger partial charge < -0.3 is 0 Å². The van der Waals surface area contributed by atoms with Crippen molar-refractivity contribution in [3.63, 3.8) is 0 Å². The van der Waals surface area contributed by atoms with Gasteiger partial charge in [0.25, 0.3) is 0 Å². The molecule has 0 saturated carbocycles. The van der Waals surface area contributed by atoms with Crippen LogP contribution < -0.4 is 0 Å². The molecule has 0 atom stereocenters. The minimum atomic E-state index is -0.203. The number of hydrogen-bond donors (Lipinski definition) is 0. The van der Waals surface area contributed by atoms with E-state index in [4.69, 9.17) is 11.6 Å². The summed E-state index contributed by atoms with van der Waals surface area (Å²) in [5.74, 6) is -0.203. The average molecular weight is 289 g/mol. The Bertz CT molecular complexity index is 803. The number of aryl methyl sites for hydroxylation is 2. The van der Waals surface area contributed by atoms with Crippen LogP contribution in [0.3, 0.4) is 0 Å².